The summed E-state index contributed by atoms with van der Waals surface area (Å²) in [5, 5.41) is 9.35. The minimum atomic E-state index is -0.924. The number of aryl methyl sites for hydroxylation is 2. The molecule has 2 rings (SSSR count). The Morgan fingerprint density at radius 1 is 1.14 bits per heavy atom. The lowest BCUT2D eigenvalue weighted by atomic mass is 10.00. The molecule has 3 nitrogen and oxygen atoms in total. The van der Waals surface area contributed by atoms with Crippen LogP contribution in [0.25, 0.3) is 0 Å². The van der Waals surface area contributed by atoms with Gasteiger partial charge in [0.1, 0.15) is 0 Å². The van der Waals surface area contributed by atoms with Crippen LogP contribution in [0.1, 0.15) is 22.3 Å². The normalized spacial score (nSPS) is 12.1. The molecular formula is C18H20O3. The molecular weight excluding hydrogens is 264 g/mol. The highest BCUT2D eigenvalue weighted by Gasteiger charge is 2.19. The predicted octanol–water partition coefficient (Wildman–Crippen LogP) is 3.52. The first-order valence-corrected chi connectivity index (χ1v) is 7.00. The van der Waals surface area contributed by atoms with E-state index in [1.807, 2.05) is 62.4 Å². The molecule has 2 aromatic rings. The highest BCUT2D eigenvalue weighted by molar-refractivity contribution is 5.72. The molecule has 0 aromatic heterocycles. The summed E-state index contributed by atoms with van der Waals surface area (Å²) < 4.78 is 5.59. The molecule has 110 valence electrons. The summed E-state index contributed by atoms with van der Waals surface area (Å²) >= 11 is 0. The number of carboxylic acid groups (broad SMARTS) is 1. The Morgan fingerprint density at radius 3 is 2.52 bits per heavy atom. The second-order valence-corrected chi connectivity index (χ2v) is 5.26. The van der Waals surface area contributed by atoms with Crippen molar-refractivity contribution < 1.29 is 14.6 Å². The van der Waals surface area contributed by atoms with Crippen LogP contribution in [0.2, 0.25) is 0 Å². The maximum atomic E-state index is 11.4. The highest BCUT2D eigenvalue weighted by Crippen LogP contribution is 2.15. The molecule has 2 aromatic carbocycles. The Morgan fingerprint density at radius 2 is 1.86 bits per heavy atom. The van der Waals surface area contributed by atoms with Crippen molar-refractivity contribution >= 4 is 5.97 Å². The maximum Gasteiger partial charge on any atom is 0.333 e. The lowest BCUT2D eigenvalue weighted by molar-refractivity contribution is -0.151. The van der Waals surface area contributed by atoms with Crippen molar-refractivity contribution in [3.05, 3.63) is 70.8 Å². The van der Waals surface area contributed by atoms with Gasteiger partial charge in [0.25, 0.3) is 0 Å². The minimum Gasteiger partial charge on any atom is -0.479 e. The summed E-state index contributed by atoms with van der Waals surface area (Å²) in [5.41, 5.74) is 4.22. The average molecular weight is 284 g/mol. The summed E-state index contributed by atoms with van der Waals surface area (Å²) in [6.45, 7) is 4.30. The Labute approximate surface area is 125 Å². The molecule has 0 heterocycles. The molecule has 1 atom stereocenters. The Bertz CT molecular complexity index is 605. The van der Waals surface area contributed by atoms with Crippen LogP contribution in [0.4, 0.5) is 0 Å². The molecule has 1 N–H and O–H groups in total. The van der Waals surface area contributed by atoms with Gasteiger partial charge in [-0.25, -0.2) is 4.79 Å². The maximum absolute atomic E-state index is 11.4. The summed E-state index contributed by atoms with van der Waals surface area (Å²) in [4.78, 5) is 11.4. The van der Waals surface area contributed by atoms with Gasteiger partial charge >= 0.3 is 5.97 Å². The van der Waals surface area contributed by atoms with E-state index in [0.717, 1.165) is 22.3 Å². The molecule has 0 saturated heterocycles. The van der Waals surface area contributed by atoms with Gasteiger partial charge in [-0.1, -0.05) is 54.1 Å². The lowest BCUT2D eigenvalue weighted by Gasteiger charge is -2.15. The SMILES string of the molecule is Cc1ccc(C)c(C[C@H](OCc2ccccc2)C(=O)O)c1. The number of hydrogen-bond acceptors (Lipinski definition) is 2. The molecule has 0 aliphatic heterocycles. The van der Waals surface area contributed by atoms with E-state index in [1.165, 1.54) is 0 Å². The first-order chi connectivity index (χ1) is 10.1. The third-order valence-corrected chi connectivity index (χ3v) is 3.48. The van der Waals surface area contributed by atoms with Gasteiger partial charge < -0.3 is 9.84 Å². The molecule has 0 spiro atoms. The predicted molar refractivity (Wildman–Crippen MR) is 82.3 cm³/mol. The van der Waals surface area contributed by atoms with Crippen LogP contribution in [0.15, 0.2) is 48.5 Å². The topological polar surface area (TPSA) is 46.5 Å². The summed E-state index contributed by atoms with van der Waals surface area (Å²) in [6, 6.07) is 15.7. The van der Waals surface area contributed by atoms with E-state index in [4.69, 9.17) is 4.74 Å². The number of rotatable bonds is 6. The first kappa shape index (κ1) is 15.3. The van der Waals surface area contributed by atoms with Crippen molar-refractivity contribution in [2.45, 2.75) is 33.0 Å². The van der Waals surface area contributed by atoms with Crippen molar-refractivity contribution in [2.24, 2.45) is 0 Å². The van der Waals surface area contributed by atoms with Crippen molar-refractivity contribution in [3.63, 3.8) is 0 Å². The number of benzene rings is 2. The number of aliphatic carboxylic acids is 1. The quantitative estimate of drug-likeness (QED) is 0.883. The van der Waals surface area contributed by atoms with Gasteiger partial charge in [-0.3, -0.25) is 0 Å². The minimum absolute atomic E-state index is 0.308. The largest absolute Gasteiger partial charge is 0.479 e. The van der Waals surface area contributed by atoms with E-state index < -0.39 is 12.1 Å². The van der Waals surface area contributed by atoms with E-state index >= 15 is 0 Å². The first-order valence-electron chi connectivity index (χ1n) is 7.00. The Hall–Kier alpha value is -2.13. The highest BCUT2D eigenvalue weighted by atomic mass is 16.5. The molecule has 0 unspecified atom stereocenters. The molecule has 0 radical (unpaired) electrons. The van der Waals surface area contributed by atoms with E-state index in [-0.39, 0.29) is 0 Å². The van der Waals surface area contributed by atoms with Crippen LogP contribution in [0, 0.1) is 13.8 Å². The molecule has 21 heavy (non-hydrogen) atoms. The molecule has 3 heteroatoms. The van der Waals surface area contributed by atoms with Crippen molar-refractivity contribution in [1.82, 2.24) is 0 Å². The van der Waals surface area contributed by atoms with E-state index in [1.54, 1.807) is 0 Å². The van der Waals surface area contributed by atoms with Crippen molar-refractivity contribution in [3.8, 4) is 0 Å². The van der Waals surface area contributed by atoms with Crippen LogP contribution in [-0.4, -0.2) is 17.2 Å². The summed E-state index contributed by atoms with van der Waals surface area (Å²) in [5.74, 6) is -0.924. The van der Waals surface area contributed by atoms with E-state index in [0.29, 0.717) is 13.0 Å². The third-order valence-electron chi connectivity index (χ3n) is 3.48. The second-order valence-electron chi connectivity index (χ2n) is 5.26. The van der Waals surface area contributed by atoms with Crippen LogP contribution in [0.5, 0.6) is 0 Å². The van der Waals surface area contributed by atoms with Gasteiger partial charge in [-0.2, -0.15) is 0 Å². The molecule has 0 fully saturated rings. The van der Waals surface area contributed by atoms with Gasteiger partial charge in [-0.15, -0.1) is 0 Å². The third kappa shape index (κ3) is 4.43. The molecule has 0 aliphatic carbocycles. The van der Waals surface area contributed by atoms with Gasteiger partial charge in [0.05, 0.1) is 6.61 Å². The second kappa shape index (κ2) is 7.04. The van der Waals surface area contributed by atoms with Crippen molar-refractivity contribution in [2.75, 3.05) is 0 Å². The van der Waals surface area contributed by atoms with Gasteiger partial charge in [0, 0.05) is 6.42 Å². The number of carbonyl (C=O) groups is 1. The summed E-state index contributed by atoms with van der Waals surface area (Å²) in [7, 11) is 0. The zero-order chi connectivity index (χ0) is 15.2. The van der Waals surface area contributed by atoms with Gasteiger partial charge in [-0.05, 0) is 30.5 Å². The Balaban J connectivity index is 2.05. The smallest absolute Gasteiger partial charge is 0.333 e. The standard InChI is InChI=1S/C18H20O3/c1-13-8-9-14(2)16(10-13)11-17(18(19)20)21-12-15-6-4-3-5-7-15/h3-10,17H,11-12H2,1-2H3,(H,19,20)/t17-/m0/s1. The van der Waals surface area contributed by atoms with Crippen LogP contribution in [-0.2, 0) is 22.6 Å². The zero-order valence-corrected chi connectivity index (χ0v) is 12.4. The molecule has 0 saturated carbocycles. The molecule has 0 aliphatic rings. The lowest BCUT2D eigenvalue weighted by Crippen LogP contribution is -2.26. The monoisotopic (exact) mass is 284 g/mol. The van der Waals surface area contributed by atoms with E-state index in [2.05, 4.69) is 0 Å². The average Bonchev–Trinajstić information content (AvgIpc) is 2.47. The van der Waals surface area contributed by atoms with Gasteiger partial charge in [0.2, 0.25) is 0 Å². The Kier molecular flexibility index (Phi) is 5.12. The molecule has 0 bridgehead atoms. The number of ether oxygens (including phenoxy) is 1. The molecule has 0 amide bonds. The van der Waals surface area contributed by atoms with E-state index in [9.17, 15) is 9.90 Å². The fourth-order valence-corrected chi connectivity index (χ4v) is 2.21. The van der Waals surface area contributed by atoms with Crippen molar-refractivity contribution in [1.29, 1.82) is 0 Å². The summed E-state index contributed by atoms with van der Waals surface area (Å²) in [6.07, 6.45) is -0.443. The number of hydrogen-bond donors (Lipinski definition) is 1. The van der Waals surface area contributed by atoms with Crippen LogP contribution >= 0.6 is 0 Å². The van der Waals surface area contributed by atoms with Crippen LogP contribution < -0.4 is 0 Å². The fraction of sp³-hybridized carbons (Fsp3) is 0.278. The fourth-order valence-electron chi connectivity index (χ4n) is 2.21. The van der Waals surface area contributed by atoms with Crippen LogP contribution in [0.3, 0.4) is 0 Å². The van der Waals surface area contributed by atoms with Gasteiger partial charge in [0.15, 0.2) is 6.10 Å². The zero-order valence-electron chi connectivity index (χ0n) is 12.4. The number of carboxylic acids is 1.